The Morgan fingerprint density at radius 1 is 1.26 bits per heavy atom. The average molecular weight is 254 g/mol. The highest BCUT2D eigenvalue weighted by molar-refractivity contribution is 5.89. The van der Waals surface area contributed by atoms with Gasteiger partial charge in [-0.15, -0.1) is 0 Å². The Balaban J connectivity index is 2.04. The van der Waals surface area contributed by atoms with Gasteiger partial charge in [0.2, 0.25) is 0 Å². The molecule has 19 heavy (non-hydrogen) atoms. The molecule has 1 aromatic carbocycles. The van der Waals surface area contributed by atoms with Crippen LogP contribution in [0.5, 0.6) is 0 Å². The fraction of sp³-hybridized carbons (Fsp3) is 0.0769. The van der Waals surface area contributed by atoms with Gasteiger partial charge in [-0.05, 0) is 11.6 Å². The second kappa shape index (κ2) is 4.49. The van der Waals surface area contributed by atoms with Gasteiger partial charge < -0.3 is 9.67 Å². The Labute approximate surface area is 108 Å². The predicted molar refractivity (Wildman–Crippen MR) is 67.8 cm³/mol. The Hall–Kier alpha value is -2.76. The molecule has 0 aliphatic carbocycles. The van der Waals surface area contributed by atoms with Crippen LogP contribution in [0.1, 0.15) is 15.9 Å². The lowest BCUT2D eigenvalue weighted by Crippen LogP contribution is -2.06. The molecule has 94 valence electrons. The molecule has 3 aromatic rings. The average Bonchev–Trinajstić information content (AvgIpc) is 2.83. The molecule has 0 radical (unpaired) electrons. The lowest BCUT2D eigenvalue weighted by Gasteiger charge is -2.07. The van der Waals surface area contributed by atoms with Crippen LogP contribution in [0, 0.1) is 0 Å². The first-order valence-corrected chi connectivity index (χ1v) is 5.68. The number of carboxylic acids is 1. The van der Waals surface area contributed by atoms with Crippen LogP contribution in [-0.4, -0.2) is 30.6 Å². The molecule has 0 bridgehead atoms. The monoisotopic (exact) mass is 254 g/mol. The first kappa shape index (κ1) is 11.3. The molecule has 0 saturated carbocycles. The van der Waals surface area contributed by atoms with Gasteiger partial charge in [0.25, 0.3) is 0 Å². The first-order valence-electron chi connectivity index (χ1n) is 5.68. The van der Waals surface area contributed by atoms with Crippen LogP contribution < -0.4 is 0 Å². The van der Waals surface area contributed by atoms with Gasteiger partial charge in [0.1, 0.15) is 11.8 Å². The molecule has 0 aliphatic heterocycles. The summed E-state index contributed by atoms with van der Waals surface area (Å²) < 4.78 is 1.80. The van der Waals surface area contributed by atoms with Crippen LogP contribution in [0.3, 0.4) is 0 Å². The van der Waals surface area contributed by atoms with Crippen molar-refractivity contribution in [3.8, 4) is 0 Å². The van der Waals surface area contributed by atoms with Crippen molar-refractivity contribution >= 4 is 17.1 Å². The highest BCUT2D eigenvalue weighted by Gasteiger charge is 2.11. The summed E-state index contributed by atoms with van der Waals surface area (Å²) in [6.07, 6.45) is 4.71. The van der Waals surface area contributed by atoms with E-state index in [1.165, 1.54) is 6.33 Å². The van der Waals surface area contributed by atoms with Gasteiger partial charge in [-0.3, -0.25) is 0 Å². The van der Waals surface area contributed by atoms with Crippen LogP contribution >= 0.6 is 0 Å². The Morgan fingerprint density at radius 2 is 2.11 bits per heavy atom. The summed E-state index contributed by atoms with van der Waals surface area (Å²) in [6, 6.07) is 6.90. The first-order chi connectivity index (χ1) is 9.25. The number of hydrogen-bond acceptors (Lipinski definition) is 4. The molecule has 0 saturated heterocycles. The van der Waals surface area contributed by atoms with Crippen LogP contribution in [0.25, 0.3) is 11.2 Å². The van der Waals surface area contributed by atoms with Crippen molar-refractivity contribution in [1.29, 1.82) is 0 Å². The van der Waals surface area contributed by atoms with Gasteiger partial charge in [0, 0.05) is 0 Å². The van der Waals surface area contributed by atoms with Gasteiger partial charge in [0.05, 0.1) is 24.6 Å². The van der Waals surface area contributed by atoms with E-state index in [4.69, 9.17) is 5.11 Å². The maximum Gasteiger partial charge on any atom is 0.336 e. The zero-order valence-corrected chi connectivity index (χ0v) is 9.89. The summed E-state index contributed by atoms with van der Waals surface area (Å²) in [5.74, 6) is -0.936. The van der Waals surface area contributed by atoms with E-state index in [1.54, 1.807) is 35.3 Å². The molecule has 1 N–H and O–H groups in total. The van der Waals surface area contributed by atoms with Gasteiger partial charge >= 0.3 is 5.97 Å². The van der Waals surface area contributed by atoms with Gasteiger partial charge in [-0.2, -0.15) is 0 Å². The van der Waals surface area contributed by atoms with Gasteiger partial charge in [-0.1, -0.05) is 18.2 Å². The normalized spacial score (nSPS) is 10.7. The van der Waals surface area contributed by atoms with Crippen LogP contribution in [0.15, 0.2) is 43.1 Å². The van der Waals surface area contributed by atoms with Crippen molar-refractivity contribution in [1.82, 2.24) is 19.5 Å². The van der Waals surface area contributed by atoms with Crippen molar-refractivity contribution in [2.75, 3.05) is 0 Å². The van der Waals surface area contributed by atoms with E-state index in [0.717, 1.165) is 0 Å². The van der Waals surface area contributed by atoms with Crippen LogP contribution in [0.4, 0.5) is 0 Å². The van der Waals surface area contributed by atoms with E-state index in [1.807, 2.05) is 6.07 Å². The van der Waals surface area contributed by atoms with E-state index in [2.05, 4.69) is 15.0 Å². The zero-order chi connectivity index (χ0) is 13.2. The van der Waals surface area contributed by atoms with E-state index in [-0.39, 0.29) is 0 Å². The summed E-state index contributed by atoms with van der Waals surface area (Å²) >= 11 is 0. The number of benzene rings is 1. The number of carbonyl (C=O) groups is 1. The summed E-state index contributed by atoms with van der Waals surface area (Å²) in [6.45, 7) is 0.413. The third-order valence-electron chi connectivity index (χ3n) is 2.87. The third kappa shape index (κ3) is 2.03. The van der Waals surface area contributed by atoms with Crippen LogP contribution in [0.2, 0.25) is 0 Å². The maximum atomic E-state index is 11.2. The quantitative estimate of drug-likeness (QED) is 0.767. The zero-order valence-electron chi connectivity index (χ0n) is 9.89. The number of aromatic nitrogens is 4. The highest BCUT2D eigenvalue weighted by atomic mass is 16.4. The molecule has 0 fully saturated rings. The largest absolute Gasteiger partial charge is 0.478 e. The second-order valence-electron chi connectivity index (χ2n) is 4.07. The third-order valence-corrected chi connectivity index (χ3v) is 2.87. The van der Waals surface area contributed by atoms with Crippen molar-refractivity contribution in [3.05, 3.63) is 54.2 Å². The molecule has 6 heteroatoms. The summed E-state index contributed by atoms with van der Waals surface area (Å²) in [7, 11) is 0. The summed E-state index contributed by atoms with van der Waals surface area (Å²) in [4.78, 5) is 23.4. The summed E-state index contributed by atoms with van der Waals surface area (Å²) in [5, 5.41) is 9.16. The van der Waals surface area contributed by atoms with Crippen molar-refractivity contribution in [2.24, 2.45) is 0 Å². The molecule has 0 spiro atoms. The lowest BCUT2D eigenvalue weighted by atomic mass is 10.1. The topological polar surface area (TPSA) is 80.9 Å². The van der Waals surface area contributed by atoms with Crippen molar-refractivity contribution in [3.63, 3.8) is 0 Å². The SMILES string of the molecule is O=C(O)c1ccccc1Cn1cnc2cncnc21. The number of aromatic carboxylic acids is 1. The van der Waals surface area contributed by atoms with E-state index < -0.39 is 5.97 Å². The highest BCUT2D eigenvalue weighted by Crippen LogP contribution is 2.14. The fourth-order valence-electron chi connectivity index (χ4n) is 1.98. The number of fused-ring (bicyclic) bond motifs is 1. The molecule has 2 aromatic heterocycles. The Morgan fingerprint density at radius 3 is 2.95 bits per heavy atom. The molecule has 0 aliphatic rings. The molecule has 0 atom stereocenters. The number of imidazole rings is 1. The maximum absolute atomic E-state index is 11.2. The lowest BCUT2D eigenvalue weighted by molar-refractivity contribution is 0.0695. The minimum absolute atomic E-state index is 0.290. The smallest absolute Gasteiger partial charge is 0.336 e. The number of rotatable bonds is 3. The van der Waals surface area contributed by atoms with Gasteiger partial charge in [0.15, 0.2) is 5.65 Å². The van der Waals surface area contributed by atoms with Crippen molar-refractivity contribution in [2.45, 2.75) is 6.54 Å². The number of carboxylic acid groups (broad SMARTS) is 1. The van der Waals surface area contributed by atoms with E-state index in [0.29, 0.717) is 28.8 Å². The van der Waals surface area contributed by atoms with E-state index >= 15 is 0 Å². The van der Waals surface area contributed by atoms with Crippen LogP contribution in [-0.2, 0) is 6.54 Å². The minimum Gasteiger partial charge on any atom is -0.478 e. The standard InChI is InChI=1S/C13H10N4O2/c18-13(19)10-4-2-1-3-9(10)6-17-8-16-11-5-14-7-15-12(11)17/h1-5,7-8H,6H2,(H,18,19). The molecule has 2 heterocycles. The molecule has 3 rings (SSSR count). The molecular formula is C13H10N4O2. The number of hydrogen-bond donors (Lipinski definition) is 1. The molecule has 0 unspecified atom stereocenters. The molecule has 6 nitrogen and oxygen atoms in total. The fourth-order valence-corrected chi connectivity index (χ4v) is 1.98. The summed E-state index contributed by atoms with van der Waals surface area (Å²) in [5.41, 5.74) is 2.39. The molecular weight excluding hydrogens is 244 g/mol. The minimum atomic E-state index is -0.936. The van der Waals surface area contributed by atoms with Gasteiger partial charge in [-0.25, -0.2) is 19.7 Å². The van der Waals surface area contributed by atoms with E-state index in [9.17, 15) is 4.79 Å². The Bertz CT molecular complexity index is 751. The predicted octanol–water partition coefficient (Wildman–Crippen LogP) is 1.57. The second-order valence-corrected chi connectivity index (χ2v) is 4.07. The van der Waals surface area contributed by atoms with Crippen molar-refractivity contribution < 1.29 is 9.90 Å². The Kier molecular flexibility index (Phi) is 2.68. The number of nitrogens with zero attached hydrogens (tertiary/aromatic N) is 4. The molecule has 0 amide bonds.